The largest absolute Gasteiger partial charge is 0.241 e. The Kier molecular flexibility index (Phi) is 3.70. The molecule has 0 atom stereocenters. The molecule has 5 aromatic rings. The molecule has 2 aromatic heterocycles. The van der Waals surface area contributed by atoms with Gasteiger partial charge in [0.1, 0.15) is 16.0 Å². The molecule has 124 valence electrons. The second-order valence-electron chi connectivity index (χ2n) is 6.06. The van der Waals surface area contributed by atoms with Crippen molar-refractivity contribution >= 4 is 43.4 Å². The molecule has 0 unspecified atom stereocenters. The minimum atomic E-state index is 0.441. The molecule has 0 N–H and O–H groups in total. The summed E-state index contributed by atoms with van der Waals surface area (Å²) < 4.78 is 1.18. The monoisotopic (exact) mass is 372 g/mol. The highest BCUT2D eigenvalue weighted by Gasteiger charge is 2.13. The van der Waals surface area contributed by atoms with Gasteiger partial charge in [-0.15, -0.1) is 11.3 Å². The molecule has 3 aromatic carbocycles. The van der Waals surface area contributed by atoms with Gasteiger partial charge in [-0.3, -0.25) is 0 Å². The summed E-state index contributed by atoms with van der Waals surface area (Å²) in [6.07, 6.45) is 0. The predicted molar refractivity (Wildman–Crippen MR) is 111 cm³/mol. The fourth-order valence-electron chi connectivity index (χ4n) is 3.14. The summed E-state index contributed by atoms with van der Waals surface area (Å²) >= 11 is 8.08. The van der Waals surface area contributed by atoms with Crippen LogP contribution in [0, 0.1) is 0 Å². The predicted octanol–water partition coefficient (Wildman–Crippen LogP) is 6.83. The van der Waals surface area contributed by atoms with Crippen LogP contribution >= 0.6 is 22.9 Å². The van der Waals surface area contributed by atoms with Crippen LogP contribution in [0.15, 0.2) is 78.9 Å². The van der Waals surface area contributed by atoms with E-state index in [1.54, 1.807) is 11.3 Å². The third-order valence-corrected chi connectivity index (χ3v) is 5.75. The van der Waals surface area contributed by atoms with Crippen molar-refractivity contribution in [1.29, 1.82) is 0 Å². The second-order valence-corrected chi connectivity index (χ2v) is 7.45. The first-order valence-electron chi connectivity index (χ1n) is 8.30. The van der Waals surface area contributed by atoms with Gasteiger partial charge in [-0.1, -0.05) is 84.4 Å². The Morgan fingerprint density at radius 1 is 0.654 bits per heavy atom. The molecular formula is C22H13ClN2S. The molecule has 0 amide bonds. The molecule has 0 aliphatic heterocycles. The van der Waals surface area contributed by atoms with E-state index in [0.717, 1.165) is 27.0 Å². The van der Waals surface area contributed by atoms with Gasteiger partial charge in [0.15, 0.2) is 5.15 Å². The smallest absolute Gasteiger partial charge is 0.157 e. The maximum absolute atomic E-state index is 6.46. The van der Waals surface area contributed by atoms with E-state index < -0.39 is 0 Å². The van der Waals surface area contributed by atoms with Gasteiger partial charge in [0.2, 0.25) is 0 Å². The van der Waals surface area contributed by atoms with Crippen LogP contribution in [-0.4, -0.2) is 9.97 Å². The lowest BCUT2D eigenvalue weighted by Gasteiger charge is -2.06. The maximum atomic E-state index is 6.46. The van der Waals surface area contributed by atoms with Gasteiger partial charge < -0.3 is 0 Å². The minimum Gasteiger partial charge on any atom is -0.241 e. The summed E-state index contributed by atoms with van der Waals surface area (Å²) in [6.45, 7) is 0. The minimum absolute atomic E-state index is 0.441. The molecular weight excluding hydrogens is 360 g/mol. The van der Waals surface area contributed by atoms with Crippen LogP contribution in [0.25, 0.3) is 42.8 Å². The lowest BCUT2D eigenvalue weighted by molar-refractivity contribution is 1.32. The highest BCUT2D eigenvalue weighted by atomic mass is 35.5. The Bertz CT molecular complexity index is 1230. The van der Waals surface area contributed by atoms with Crippen LogP contribution in [0.5, 0.6) is 0 Å². The number of thiophene rings is 1. The van der Waals surface area contributed by atoms with Gasteiger partial charge in [-0.25, -0.2) is 9.97 Å². The standard InChI is InChI=1S/C22H13ClN2S/c23-21-19(16-12-10-15(11-13-16)14-6-2-1-3-7-14)24-20-17-8-4-5-9-18(17)26-22(20)25-21/h1-13H. The van der Waals surface area contributed by atoms with E-state index in [0.29, 0.717) is 5.15 Å². The van der Waals surface area contributed by atoms with Crippen molar-refractivity contribution in [3.8, 4) is 22.4 Å². The Balaban J connectivity index is 1.64. The first kappa shape index (κ1) is 15.5. The van der Waals surface area contributed by atoms with Crippen molar-refractivity contribution in [2.24, 2.45) is 0 Å². The van der Waals surface area contributed by atoms with Crippen LogP contribution in [0.2, 0.25) is 5.15 Å². The van der Waals surface area contributed by atoms with Gasteiger partial charge in [0.25, 0.3) is 0 Å². The third-order valence-electron chi connectivity index (χ3n) is 4.44. The van der Waals surface area contributed by atoms with Crippen LogP contribution < -0.4 is 0 Å². The van der Waals surface area contributed by atoms with Crippen LogP contribution in [-0.2, 0) is 0 Å². The molecule has 4 heteroatoms. The number of nitrogens with zero attached hydrogens (tertiary/aromatic N) is 2. The zero-order chi connectivity index (χ0) is 17.5. The zero-order valence-corrected chi connectivity index (χ0v) is 15.3. The third kappa shape index (κ3) is 2.57. The molecule has 0 fully saturated rings. The number of benzene rings is 3. The molecule has 0 aliphatic carbocycles. The average molecular weight is 373 g/mol. The molecule has 5 rings (SSSR count). The van der Waals surface area contributed by atoms with Gasteiger partial charge in [-0.2, -0.15) is 0 Å². The topological polar surface area (TPSA) is 25.8 Å². The van der Waals surface area contributed by atoms with E-state index in [4.69, 9.17) is 16.6 Å². The Morgan fingerprint density at radius 3 is 2.12 bits per heavy atom. The van der Waals surface area contributed by atoms with Gasteiger partial charge in [0, 0.05) is 15.6 Å². The Morgan fingerprint density at radius 2 is 1.31 bits per heavy atom. The zero-order valence-electron chi connectivity index (χ0n) is 13.7. The molecule has 0 saturated heterocycles. The normalized spacial score (nSPS) is 11.3. The van der Waals surface area contributed by atoms with Crippen molar-refractivity contribution in [3.63, 3.8) is 0 Å². The fourth-order valence-corrected chi connectivity index (χ4v) is 4.44. The molecule has 0 spiro atoms. The van der Waals surface area contributed by atoms with Gasteiger partial charge in [-0.05, 0) is 17.2 Å². The first-order chi connectivity index (χ1) is 12.8. The highest BCUT2D eigenvalue weighted by Crippen LogP contribution is 2.35. The second kappa shape index (κ2) is 6.20. The Labute approximate surface area is 159 Å². The number of aromatic nitrogens is 2. The summed E-state index contributed by atoms with van der Waals surface area (Å²) in [5, 5.41) is 1.57. The molecule has 2 nitrogen and oxygen atoms in total. The van der Waals surface area contributed by atoms with E-state index in [2.05, 4.69) is 53.5 Å². The average Bonchev–Trinajstić information content (AvgIpc) is 3.05. The van der Waals surface area contributed by atoms with E-state index >= 15 is 0 Å². The fraction of sp³-hybridized carbons (Fsp3) is 0. The number of hydrogen-bond donors (Lipinski definition) is 0. The Hall–Kier alpha value is -2.75. The summed E-state index contributed by atoms with van der Waals surface area (Å²) in [6, 6.07) is 26.8. The van der Waals surface area contributed by atoms with Gasteiger partial charge >= 0.3 is 0 Å². The van der Waals surface area contributed by atoms with Crippen molar-refractivity contribution in [3.05, 3.63) is 84.0 Å². The van der Waals surface area contributed by atoms with E-state index in [-0.39, 0.29) is 0 Å². The van der Waals surface area contributed by atoms with Crippen LogP contribution in [0.3, 0.4) is 0 Å². The molecule has 0 saturated carbocycles. The quantitative estimate of drug-likeness (QED) is 0.339. The van der Waals surface area contributed by atoms with Crippen molar-refractivity contribution < 1.29 is 0 Å². The van der Waals surface area contributed by atoms with E-state index in [9.17, 15) is 0 Å². The van der Waals surface area contributed by atoms with E-state index in [1.165, 1.54) is 15.8 Å². The molecule has 26 heavy (non-hydrogen) atoms. The number of hydrogen-bond acceptors (Lipinski definition) is 3. The van der Waals surface area contributed by atoms with Crippen molar-refractivity contribution in [2.75, 3.05) is 0 Å². The molecule has 0 aliphatic rings. The lowest BCUT2D eigenvalue weighted by atomic mass is 10.0. The molecule has 2 heterocycles. The number of fused-ring (bicyclic) bond motifs is 3. The van der Waals surface area contributed by atoms with Crippen molar-refractivity contribution in [1.82, 2.24) is 9.97 Å². The summed E-state index contributed by atoms with van der Waals surface area (Å²) in [4.78, 5) is 10.3. The summed E-state index contributed by atoms with van der Waals surface area (Å²) in [7, 11) is 0. The lowest BCUT2D eigenvalue weighted by Crippen LogP contribution is -1.89. The number of rotatable bonds is 2. The molecule has 0 bridgehead atoms. The van der Waals surface area contributed by atoms with Crippen LogP contribution in [0.1, 0.15) is 0 Å². The summed E-state index contributed by atoms with van der Waals surface area (Å²) in [5.41, 5.74) is 4.97. The number of halogens is 1. The highest BCUT2D eigenvalue weighted by molar-refractivity contribution is 7.25. The first-order valence-corrected chi connectivity index (χ1v) is 9.50. The van der Waals surface area contributed by atoms with Crippen molar-refractivity contribution in [2.45, 2.75) is 0 Å². The SMILES string of the molecule is Clc1nc2sc3ccccc3c2nc1-c1ccc(-c2ccccc2)cc1. The summed E-state index contributed by atoms with van der Waals surface area (Å²) in [5.74, 6) is 0. The van der Waals surface area contributed by atoms with Gasteiger partial charge in [0.05, 0.1) is 0 Å². The maximum Gasteiger partial charge on any atom is 0.157 e. The molecule has 0 radical (unpaired) electrons. The van der Waals surface area contributed by atoms with E-state index in [1.807, 2.05) is 30.3 Å². The van der Waals surface area contributed by atoms with Crippen LogP contribution in [0.4, 0.5) is 0 Å².